The van der Waals surface area contributed by atoms with Crippen LogP contribution in [0.2, 0.25) is 0 Å². The van der Waals surface area contributed by atoms with Crippen LogP contribution >= 0.6 is 35.3 Å². The van der Waals surface area contributed by atoms with E-state index < -0.39 is 10.0 Å². The van der Waals surface area contributed by atoms with Crippen molar-refractivity contribution in [2.75, 3.05) is 20.6 Å². The maximum Gasteiger partial charge on any atom is 0.215 e. The Bertz CT molecular complexity index is 822. The van der Waals surface area contributed by atoms with E-state index >= 15 is 0 Å². The summed E-state index contributed by atoms with van der Waals surface area (Å²) in [7, 11) is -0.0645. The van der Waals surface area contributed by atoms with Gasteiger partial charge in [-0.15, -0.1) is 35.3 Å². The van der Waals surface area contributed by atoms with Crippen molar-refractivity contribution in [2.45, 2.75) is 25.6 Å². The lowest BCUT2D eigenvalue weighted by molar-refractivity contribution is 0.562. The van der Waals surface area contributed by atoms with Crippen molar-refractivity contribution in [2.24, 2.45) is 10.9 Å². The van der Waals surface area contributed by atoms with E-state index in [1.165, 1.54) is 11.9 Å². The standard InChI is InChI=1S/C19H28N4O2S2.HI/c1-15(11-18-5-4-10-26-18)12-22-19(20-2)23-13-16-6-8-17(9-7-16)14-27(24,25)21-3;/h4-10,15,21H,11-14H2,1-3H3,(H2,20,22,23);1H. The van der Waals surface area contributed by atoms with E-state index in [9.17, 15) is 8.42 Å². The molecule has 0 fully saturated rings. The predicted octanol–water partition coefficient (Wildman–Crippen LogP) is 2.96. The summed E-state index contributed by atoms with van der Waals surface area (Å²) in [6, 6.07) is 11.8. The molecule has 9 heteroatoms. The Hall–Kier alpha value is -1.17. The highest BCUT2D eigenvalue weighted by molar-refractivity contribution is 14.0. The third kappa shape index (κ3) is 8.89. The van der Waals surface area contributed by atoms with E-state index in [0.29, 0.717) is 12.5 Å². The van der Waals surface area contributed by atoms with Crippen LogP contribution in [-0.4, -0.2) is 35.0 Å². The van der Waals surface area contributed by atoms with Crippen molar-refractivity contribution in [3.8, 4) is 0 Å². The van der Waals surface area contributed by atoms with Gasteiger partial charge in [0.15, 0.2) is 5.96 Å². The molecule has 3 N–H and O–H groups in total. The summed E-state index contributed by atoms with van der Waals surface area (Å²) >= 11 is 1.79. The number of nitrogens with one attached hydrogen (secondary N) is 3. The highest BCUT2D eigenvalue weighted by Gasteiger charge is 2.09. The third-order valence-electron chi connectivity index (χ3n) is 4.12. The maximum atomic E-state index is 11.6. The number of aliphatic imine (C=N–C) groups is 1. The Kier molecular flexibility index (Phi) is 11.0. The number of hydrogen-bond acceptors (Lipinski definition) is 4. The minimum atomic E-state index is -3.24. The van der Waals surface area contributed by atoms with E-state index in [-0.39, 0.29) is 29.7 Å². The van der Waals surface area contributed by atoms with Gasteiger partial charge in [0.2, 0.25) is 10.0 Å². The first kappa shape index (κ1) is 24.9. The van der Waals surface area contributed by atoms with Crippen molar-refractivity contribution in [3.63, 3.8) is 0 Å². The molecule has 1 unspecified atom stereocenters. The van der Waals surface area contributed by atoms with Crippen molar-refractivity contribution in [3.05, 3.63) is 57.8 Å². The van der Waals surface area contributed by atoms with Gasteiger partial charge in [0.05, 0.1) is 5.75 Å². The number of sulfonamides is 1. The molecule has 1 aromatic carbocycles. The third-order valence-corrected chi connectivity index (χ3v) is 6.36. The van der Waals surface area contributed by atoms with Gasteiger partial charge in [-0.3, -0.25) is 4.99 Å². The molecular formula is C19H29IN4O2S2. The normalized spacial score (nSPS) is 12.9. The van der Waals surface area contributed by atoms with E-state index in [0.717, 1.165) is 30.1 Å². The summed E-state index contributed by atoms with van der Waals surface area (Å²) in [5.41, 5.74) is 1.83. The van der Waals surface area contributed by atoms with Crippen LogP contribution < -0.4 is 15.4 Å². The smallest absolute Gasteiger partial charge is 0.215 e. The van der Waals surface area contributed by atoms with Crippen molar-refractivity contribution in [1.29, 1.82) is 0 Å². The monoisotopic (exact) mass is 536 g/mol. The van der Waals surface area contributed by atoms with Crippen LogP contribution in [0.5, 0.6) is 0 Å². The maximum absolute atomic E-state index is 11.6. The molecule has 2 aromatic rings. The van der Waals surface area contributed by atoms with Crippen molar-refractivity contribution in [1.82, 2.24) is 15.4 Å². The lowest BCUT2D eigenvalue weighted by Crippen LogP contribution is -2.39. The van der Waals surface area contributed by atoms with Crippen LogP contribution in [0.25, 0.3) is 0 Å². The lowest BCUT2D eigenvalue weighted by atomic mass is 10.1. The van der Waals surface area contributed by atoms with Gasteiger partial charge in [-0.2, -0.15) is 0 Å². The average Bonchev–Trinajstić information content (AvgIpc) is 3.16. The summed E-state index contributed by atoms with van der Waals surface area (Å²) in [4.78, 5) is 5.65. The highest BCUT2D eigenvalue weighted by atomic mass is 127. The van der Waals surface area contributed by atoms with Gasteiger partial charge in [0.1, 0.15) is 0 Å². The SMILES string of the molecule is CN=C(NCc1ccc(CS(=O)(=O)NC)cc1)NCC(C)Cc1cccs1.I. The van der Waals surface area contributed by atoms with Gasteiger partial charge < -0.3 is 10.6 Å². The molecule has 156 valence electrons. The molecule has 0 saturated carbocycles. The Morgan fingerprint density at radius 1 is 1.14 bits per heavy atom. The summed E-state index contributed by atoms with van der Waals surface area (Å²) in [6.45, 7) is 3.69. The molecule has 0 aliphatic heterocycles. The molecule has 0 aliphatic rings. The first-order chi connectivity index (χ1) is 12.9. The van der Waals surface area contributed by atoms with Crippen LogP contribution in [0.15, 0.2) is 46.8 Å². The Labute approximate surface area is 189 Å². The number of guanidine groups is 1. The van der Waals surface area contributed by atoms with Gasteiger partial charge in [-0.1, -0.05) is 37.3 Å². The predicted molar refractivity (Wildman–Crippen MR) is 129 cm³/mol. The molecule has 0 spiro atoms. The first-order valence-electron chi connectivity index (χ1n) is 8.88. The molecule has 28 heavy (non-hydrogen) atoms. The topological polar surface area (TPSA) is 82.6 Å². The molecule has 0 aliphatic carbocycles. The average molecular weight is 537 g/mol. The molecule has 0 saturated heterocycles. The molecule has 1 heterocycles. The zero-order valence-electron chi connectivity index (χ0n) is 16.4. The van der Waals surface area contributed by atoms with Gasteiger partial charge in [-0.25, -0.2) is 13.1 Å². The zero-order valence-corrected chi connectivity index (χ0v) is 20.4. The molecule has 1 atom stereocenters. The second kappa shape index (κ2) is 12.4. The molecule has 2 rings (SSSR count). The molecule has 1 aromatic heterocycles. The van der Waals surface area contributed by atoms with Crippen LogP contribution in [0, 0.1) is 5.92 Å². The van der Waals surface area contributed by atoms with Gasteiger partial charge in [0, 0.05) is 25.0 Å². The Morgan fingerprint density at radius 2 is 1.82 bits per heavy atom. The minimum absolute atomic E-state index is 0. The minimum Gasteiger partial charge on any atom is -0.356 e. The number of rotatable bonds is 9. The number of hydrogen-bond donors (Lipinski definition) is 3. The molecule has 0 radical (unpaired) electrons. The molecule has 0 bridgehead atoms. The fourth-order valence-electron chi connectivity index (χ4n) is 2.57. The zero-order chi connectivity index (χ0) is 19.7. The summed E-state index contributed by atoms with van der Waals surface area (Å²) < 4.78 is 25.5. The Balaban J connectivity index is 0.00000392. The molecule has 6 nitrogen and oxygen atoms in total. The van der Waals surface area contributed by atoms with Crippen molar-refractivity contribution >= 4 is 51.3 Å². The van der Waals surface area contributed by atoms with E-state index in [1.54, 1.807) is 18.4 Å². The summed E-state index contributed by atoms with van der Waals surface area (Å²) in [5.74, 6) is 1.26. The fraction of sp³-hybridized carbons (Fsp3) is 0.421. The molecular weight excluding hydrogens is 507 g/mol. The van der Waals surface area contributed by atoms with Crippen LogP contribution in [0.1, 0.15) is 22.9 Å². The quantitative estimate of drug-likeness (QED) is 0.262. The van der Waals surface area contributed by atoms with E-state index in [1.807, 2.05) is 24.3 Å². The van der Waals surface area contributed by atoms with Gasteiger partial charge in [0.25, 0.3) is 0 Å². The molecule has 0 amide bonds. The summed E-state index contributed by atoms with van der Waals surface area (Å²) in [5, 5.41) is 8.75. The second-order valence-electron chi connectivity index (χ2n) is 6.48. The number of benzene rings is 1. The highest BCUT2D eigenvalue weighted by Crippen LogP contribution is 2.13. The largest absolute Gasteiger partial charge is 0.356 e. The van der Waals surface area contributed by atoms with Crippen molar-refractivity contribution < 1.29 is 8.42 Å². The Morgan fingerprint density at radius 3 is 2.39 bits per heavy atom. The van der Waals surface area contributed by atoms with Crippen LogP contribution in [0.4, 0.5) is 0 Å². The van der Waals surface area contributed by atoms with E-state index in [4.69, 9.17) is 0 Å². The van der Waals surface area contributed by atoms with Gasteiger partial charge >= 0.3 is 0 Å². The van der Waals surface area contributed by atoms with E-state index in [2.05, 4.69) is 44.8 Å². The lowest BCUT2D eigenvalue weighted by Gasteiger charge is -2.16. The van der Waals surface area contributed by atoms with Gasteiger partial charge in [-0.05, 0) is 42.0 Å². The van der Waals surface area contributed by atoms with Crippen LogP contribution in [-0.2, 0) is 28.7 Å². The second-order valence-corrected chi connectivity index (χ2v) is 9.43. The number of thiophene rings is 1. The van der Waals surface area contributed by atoms with Crippen LogP contribution in [0.3, 0.4) is 0 Å². The summed E-state index contributed by atoms with van der Waals surface area (Å²) in [6.07, 6.45) is 1.05. The number of halogens is 1. The first-order valence-corrected chi connectivity index (χ1v) is 11.4. The fourth-order valence-corrected chi connectivity index (χ4v) is 4.21. The number of nitrogens with zero attached hydrogens (tertiary/aromatic N) is 1.